The van der Waals surface area contributed by atoms with Crippen LogP contribution in [0.25, 0.3) is 0 Å². The van der Waals surface area contributed by atoms with Gasteiger partial charge in [-0.25, -0.2) is 0 Å². The first-order valence-electron chi connectivity index (χ1n) is 3.31. The van der Waals surface area contributed by atoms with Crippen molar-refractivity contribution in [3.8, 4) is 0 Å². The first-order valence-corrected chi connectivity index (χ1v) is 4.87. The van der Waals surface area contributed by atoms with Gasteiger partial charge in [-0.2, -0.15) is 0 Å². The lowest BCUT2D eigenvalue weighted by Gasteiger charge is -2.08. The molecule has 0 aliphatic heterocycles. The Bertz CT molecular complexity index is 227. The molecule has 2 N–H and O–H groups in total. The van der Waals surface area contributed by atoms with E-state index in [9.17, 15) is 9.00 Å². The first kappa shape index (κ1) is 11.1. The summed E-state index contributed by atoms with van der Waals surface area (Å²) in [7, 11) is 0.0482. The van der Waals surface area contributed by atoms with Gasteiger partial charge in [-0.05, 0) is 6.92 Å². The summed E-state index contributed by atoms with van der Waals surface area (Å²) in [5, 5.41) is 13.6. The molecule has 0 saturated carbocycles. The van der Waals surface area contributed by atoms with Gasteiger partial charge < -0.3 is 10.5 Å². The third-order valence-electron chi connectivity index (χ3n) is 1.40. The molecule has 70 valence electrons. The van der Waals surface area contributed by atoms with Crippen LogP contribution in [0.4, 0.5) is 0 Å². The van der Waals surface area contributed by atoms with E-state index in [-0.39, 0.29) is 11.0 Å². The molecule has 0 bridgehead atoms. The fraction of sp³-hybridized carbons (Fsp3) is 0.667. The van der Waals surface area contributed by atoms with Crippen molar-refractivity contribution in [1.29, 1.82) is 0 Å². The normalized spacial score (nSPS) is 16.8. The van der Waals surface area contributed by atoms with E-state index < -0.39 is 16.7 Å². The predicted octanol–water partition coefficient (Wildman–Crippen LogP) is -0.465. The van der Waals surface area contributed by atoms with Gasteiger partial charge in [0.15, 0.2) is 5.04 Å². The van der Waals surface area contributed by atoms with Gasteiger partial charge >= 0.3 is 0 Å². The van der Waals surface area contributed by atoms with Crippen LogP contribution in [0, 0.1) is 5.92 Å². The van der Waals surface area contributed by atoms with Crippen molar-refractivity contribution in [2.75, 3.05) is 13.3 Å². The van der Waals surface area contributed by atoms with E-state index in [1.807, 2.05) is 0 Å². The molecular formula is C6H12N2O3S. The maximum absolute atomic E-state index is 11.0. The number of nitrogens with zero attached hydrogens (tertiary/aromatic N) is 1. The number of rotatable bonds is 2. The molecule has 2 atom stereocenters. The smallest absolute Gasteiger partial charge is 0.229 e. The topological polar surface area (TPSA) is 78.8 Å². The summed E-state index contributed by atoms with van der Waals surface area (Å²) in [6.07, 6.45) is 1.36. The van der Waals surface area contributed by atoms with E-state index in [2.05, 4.69) is 10.5 Å². The Kier molecular flexibility index (Phi) is 4.50. The van der Waals surface area contributed by atoms with Crippen molar-refractivity contribution in [1.82, 2.24) is 5.32 Å². The van der Waals surface area contributed by atoms with Gasteiger partial charge in [0, 0.05) is 13.3 Å². The Morgan fingerprint density at radius 3 is 2.42 bits per heavy atom. The Balaban J connectivity index is 4.55. The molecule has 0 aromatic rings. The second kappa shape index (κ2) is 4.87. The number of amides is 1. The van der Waals surface area contributed by atoms with E-state index in [1.54, 1.807) is 0 Å². The van der Waals surface area contributed by atoms with E-state index in [0.29, 0.717) is 0 Å². The Morgan fingerprint density at radius 2 is 2.17 bits per heavy atom. The minimum absolute atomic E-state index is 0.0191. The summed E-state index contributed by atoms with van der Waals surface area (Å²) < 4.78 is 10.9. The molecule has 0 aliphatic carbocycles. The molecule has 1 amide bonds. The van der Waals surface area contributed by atoms with Gasteiger partial charge in [0.1, 0.15) is 0 Å². The third kappa shape index (κ3) is 2.61. The number of nitrogens with one attached hydrogen (secondary N) is 1. The zero-order chi connectivity index (χ0) is 9.72. The van der Waals surface area contributed by atoms with Crippen LogP contribution in [-0.4, -0.2) is 33.7 Å². The molecule has 0 aromatic heterocycles. The molecule has 0 heterocycles. The Hall–Kier alpha value is -0.910. The van der Waals surface area contributed by atoms with E-state index >= 15 is 0 Å². The van der Waals surface area contributed by atoms with E-state index in [1.165, 1.54) is 20.2 Å². The molecule has 5 nitrogen and oxygen atoms in total. The Labute approximate surface area is 73.3 Å². The number of carbonyl (C=O) groups excluding carboxylic acids is 1. The highest BCUT2D eigenvalue weighted by Crippen LogP contribution is 2.01. The number of carbonyl (C=O) groups is 1. The molecule has 6 heteroatoms. The summed E-state index contributed by atoms with van der Waals surface area (Å²) in [5.74, 6) is -0.983. The van der Waals surface area contributed by atoms with Crippen molar-refractivity contribution < 1.29 is 14.2 Å². The van der Waals surface area contributed by atoms with Crippen LogP contribution in [0.15, 0.2) is 5.16 Å². The van der Waals surface area contributed by atoms with Crippen molar-refractivity contribution in [2.45, 2.75) is 6.92 Å². The molecular weight excluding hydrogens is 180 g/mol. The fourth-order valence-corrected chi connectivity index (χ4v) is 1.44. The van der Waals surface area contributed by atoms with E-state index in [4.69, 9.17) is 5.21 Å². The number of hydrogen-bond donors (Lipinski definition) is 2. The average molecular weight is 192 g/mol. The zero-order valence-electron chi connectivity index (χ0n) is 7.20. The highest BCUT2D eigenvalue weighted by Gasteiger charge is 2.21. The van der Waals surface area contributed by atoms with Gasteiger partial charge in [-0.15, -0.1) is 0 Å². The summed E-state index contributed by atoms with van der Waals surface area (Å²) >= 11 is 0. The predicted molar refractivity (Wildman–Crippen MR) is 46.5 cm³/mol. The monoisotopic (exact) mass is 192 g/mol. The average Bonchev–Trinajstić information content (AvgIpc) is 2.03. The minimum atomic E-state index is -1.42. The van der Waals surface area contributed by atoms with Crippen LogP contribution in [-0.2, 0) is 15.6 Å². The quantitative estimate of drug-likeness (QED) is 0.269. The van der Waals surface area contributed by atoms with Crippen LogP contribution in [0.5, 0.6) is 0 Å². The lowest BCUT2D eigenvalue weighted by atomic mass is 10.2. The van der Waals surface area contributed by atoms with Gasteiger partial charge in [0.05, 0.1) is 16.7 Å². The summed E-state index contributed by atoms with van der Waals surface area (Å²) in [5.41, 5.74) is 0. The zero-order valence-corrected chi connectivity index (χ0v) is 8.01. The van der Waals surface area contributed by atoms with Crippen LogP contribution in [0.3, 0.4) is 0 Å². The van der Waals surface area contributed by atoms with Crippen molar-refractivity contribution >= 4 is 21.8 Å². The molecule has 0 aliphatic rings. The van der Waals surface area contributed by atoms with Crippen molar-refractivity contribution in [3.63, 3.8) is 0 Å². The largest absolute Gasteiger partial charge is 0.410 e. The summed E-state index contributed by atoms with van der Waals surface area (Å²) in [6, 6.07) is 0. The third-order valence-corrected chi connectivity index (χ3v) is 2.43. The van der Waals surface area contributed by atoms with Gasteiger partial charge in [-0.1, -0.05) is 5.16 Å². The van der Waals surface area contributed by atoms with Gasteiger partial charge in [0.2, 0.25) is 5.91 Å². The van der Waals surface area contributed by atoms with Crippen LogP contribution in [0.1, 0.15) is 6.92 Å². The highest BCUT2D eigenvalue weighted by molar-refractivity contribution is 8.00. The minimum Gasteiger partial charge on any atom is -0.410 e. The molecule has 0 radical (unpaired) electrons. The lowest BCUT2D eigenvalue weighted by molar-refractivity contribution is -0.122. The van der Waals surface area contributed by atoms with Gasteiger partial charge in [0.25, 0.3) is 0 Å². The molecule has 0 fully saturated rings. The molecule has 0 spiro atoms. The number of oxime groups is 1. The summed E-state index contributed by atoms with van der Waals surface area (Å²) in [6.45, 7) is 1.52. The highest BCUT2D eigenvalue weighted by atomic mass is 32.2. The van der Waals surface area contributed by atoms with Crippen molar-refractivity contribution in [3.05, 3.63) is 0 Å². The number of hydrogen-bond acceptors (Lipinski definition) is 4. The van der Waals surface area contributed by atoms with Crippen LogP contribution >= 0.6 is 0 Å². The SMILES string of the molecule is CNC(=O)C(C)C(=NO)S(C)=O. The Morgan fingerprint density at radius 1 is 1.67 bits per heavy atom. The first-order chi connectivity index (χ1) is 5.54. The lowest BCUT2D eigenvalue weighted by Crippen LogP contribution is -2.32. The molecule has 2 unspecified atom stereocenters. The van der Waals surface area contributed by atoms with Crippen molar-refractivity contribution in [2.24, 2.45) is 11.1 Å². The molecule has 0 aromatic carbocycles. The summed E-state index contributed by atoms with van der Waals surface area (Å²) in [4.78, 5) is 11.0. The van der Waals surface area contributed by atoms with Gasteiger partial charge in [-0.3, -0.25) is 9.00 Å². The second-order valence-electron chi connectivity index (χ2n) is 2.23. The fourth-order valence-electron chi connectivity index (χ4n) is 0.722. The van der Waals surface area contributed by atoms with E-state index in [0.717, 1.165) is 0 Å². The standard InChI is InChI=1S/C6H12N2O3S/c1-4(5(9)7-2)6(8-10)12(3)11/h4,10H,1-3H3,(H,7,9). The molecule has 0 saturated heterocycles. The van der Waals surface area contributed by atoms with Crippen LogP contribution in [0.2, 0.25) is 0 Å². The molecule has 0 rings (SSSR count). The second-order valence-corrected chi connectivity index (χ2v) is 3.55. The maximum atomic E-state index is 11.0. The molecule has 12 heavy (non-hydrogen) atoms. The van der Waals surface area contributed by atoms with Crippen LogP contribution < -0.4 is 5.32 Å². The maximum Gasteiger partial charge on any atom is 0.229 e.